The van der Waals surface area contributed by atoms with E-state index in [4.69, 9.17) is 15.9 Å². The van der Waals surface area contributed by atoms with Gasteiger partial charge in [-0.2, -0.15) is 4.98 Å². The quantitative estimate of drug-likeness (QED) is 0.155. The van der Waals surface area contributed by atoms with Crippen LogP contribution in [0.5, 0.6) is 0 Å². The monoisotopic (exact) mass is 507 g/mol. The van der Waals surface area contributed by atoms with Gasteiger partial charge in [-0.25, -0.2) is 4.79 Å². The minimum Gasteiger partial charge on any atom is -1.00 e. The Morgan fingerprint density at radius 1 is 1.12 bits per heavy atom. The summed E-state index contributed by atoms with van der Waals surface area (Å²) >= 11 is 0. The summed E-state index contributed by atoms with van der Waals surface area (Å²) in [5.74, 6) is -3.00. The van der Waals surface area contributed by atoms with E-state index in [2.05, 4.69) is 20.3 Å². The number of anilines is 1. The summed E-state index contributed by atoms with van der Waals surface area (Å²) in [6.45, 7) is 0. The fraction of sp³-hybridized carbons (Fsp3) is 0.250. The third kappa shape index (κ3) is 8.38. The molecule has 3 aromatic rings. The Kier molecular flexibility index (Phi) is 12.7. The van der Waals surface area contributed by atoms with Crippen molar-refractivity contribution in [1.29, 1.82) is 0 Å². The van der Waals surface area contributed by atoms with Crippen molar-refractivity contribution < 1.29 is 130 Å². The van der Waals surface area contributed by atoms with Crippen LogP contribution in [-0.4, -0.2) is 49.1 Å². The smallest absolute Gasteiger partial charge is 1.00 e. The second kappa shape index (κ2) is 13.9. The maximum absolute atomic E-state index is 12.3. The molecule has 0 saturated heterocycles. The molecule has 0 unspecified atom stereocenters. The Labute approximate surface area is 276 Å². The number of aromatic amines is 2. The molecule has 1 amide bonds. The average Bonchev–Trinajstić information content (AvgIpc) is 3.12. The molecule has 2 aromatic heterocycles. The molecule has 33 heavy (non-hydrogen) atoms. The van der Waals surface area contributed by atoms with Crippen molar-refractivity contribution in [2.75, 3.05) is 5.73 Å². The van der Waals surface area contributed by atoms with E-state index >= 15 is 0 Å². The number of amides is 1. The Bertz CT molecular complexity index is 1200. The van der Waals surface area contributed by atoms with Crippen molar-refractivity contribution >= 4 is 34.8 Å². The van der Waals surface area contributed by atoms with Crippen molar-refractivity contribution in [3.8, 4) is 0 Å². The molecule has 0 saturated carbocycles. The van der Waals surface area contributed by atoms with Crippen LogP contribution >= 0.6 is 0 Å². The summed E-state index contributed by atoms with van der Waals surface area (Å²) in [4.78, 5) is 55.7. The van der Waals surface area contributed by atoms with Crippen molar-refractivity contribution in [3.63, 3.8) is 0 Å². The largest absolute Gasteiger partial charge is 1.00 e. The van der Waals surface area contributed by atoms with Crippen LogP contribution in [0.3, 0.4) is 0 Å². The first-order valence-corrected chi connectivity index (χ1v) is 9.44. The van der Waals surface area contributed by atoms with E-state index in [1.54, 1.807) is 30.5 Å². The molecule has 166 valence electrons. The molecule has 0 aliphatic carbocycles. The SMILES string of the molecule is Nc1nc2[nH]cc(CCc3ccc(C(=O)N[C@@H](CCC(=O)O)C(=O)O)cc3)c2c(=O)[nH]1.[H-].[H-].[K+].[K+]. The maximum Gasteiger partial charge on any atom is 1.00 e. The van der Waals surface area contributed by atoms with Crippen molar-refractivity contribution in [3.05, 3.63) is 57.5 Å². The fourth-order valence-corrected chi connectivity index (χ4v) is 3.19. The third-order valence-electron chi connectivity index (χ3n) is 4.79. The number of aryl methyl sites for hydroxylation is 2. The molecule has 7 N–H and O–H groups in total. The number of hydrogen-bond donors (Lipinski definition) is 6. The number of carbonyl (C=O) groups is 3. The van der Waals surface area contributed by atoms with E-state index in [-0.39, 0.29) is 136 Å². The summed E-state index contributed by atoms with van der Waals surface area (Å²) < 4.78 is 0. The van der Waals surface area contributed by atoms with E-state index in [9.17, 15) is 19.2 Å². The van der Waals surface area contributed by atoms with Gasteiger partial charge < -0.3 is 29.1 Å². The van der Waals surface area contributed by atoms with Gasteiger partial charge in [-0.3, -0.25) is 19.4 Å². The number of nitrogens with two attached hydrogens (primary N) is 1. The van der Waals surface area contributed by atoms with Crippen LogP contribution in [0.2, 0.25) is 0 Å². The number of fused-ring (bicyclic) bond motifs is 1. The number of nitrogens with zero attached hydrogens (tertiary/aromatic N) is 1. The van der Waals surface area contributed by atoms with Gasteiger partial charge in [-0.1, -0.05) is 12.1 Å². The first-order valence-electron chi connectivity index (χ1n) is 9.44. The van der Waals surface area contributed by atoms with Gasteiger partial charge >= 0.3 is 115 Å². The molecule has 1 aromatic carbocycles. The molecule has 0 aliphatic rings. The van der Waals surface area contributed by atoms with Crippen LogP contribution in [0.25, 0.3) is 11.0 Å². The number of carboxylic acid groups (broad SMARTS) is 2. The number of nitrogens with one attached hydrogen (secondary N) is 3. The zero-order valence-corrected chi connectivity index (χ0v) is 24.6. The molecule has 1 atom stereocenters. The summed E-state index contributed by atoms with van der Waals surface area (Å²) in [7, 11) is 0. The van der Waals surface area contributed by atoms with E-state index in [1.165, 1.54) is 0 Å². The number of aromatic nitrogens is 3. The minimum atomic E-state index is -1.30. The van der Waals surface area contributed by atoms with Crippen molar-refractivity contribution in [1.82, 2.24) is 20.3 Å². The Balaban J connectivity index is 0. The number of carbonyl (C=O) groups excluding carboxylic acids is 1. The molecular weight excluding hydrogens is 484 g/mol. The second-order valence-corrected chi connectivity index (χ2v) is 6.98. The second-order valence-electron chi connectivity index (χ2n) is 6.98. The van der Waals surface area contributed by atoms with Gasteiger partial charge in [-0.15, -0.1) is 0 Å². The van der Waals surface area contributed by atoms with E-state index in [0.717, 1.165) is 11.1 Å². The topological polar surface area (TPSA) is 191 Å². The van der Waals surface area contributed by atoms with Crippen molar-refractivity contribution in [2.45, 2.75) is 31.7 Å². The van der Waals surface area contributed by atoms with E-state index in [1.807, 2.05) is 0 Å². The van der Waals surface area contributed by atoms with Gasteiger partial charge in [0.1, 0.15) is 11.7 Å². The number of carboxylic acids is 2. The molecule has 2 heterocycles. The molecule has 0 spiro atoms. The van der Waals surface area contributed by atoms with Crippen LogP contribution < -0.4 is 119 Å². The third-order valence-corrected chi connectivity index (χ3v) is 4.79. The minimum absolute atomic E-state index is 0. The molecular formula is C20H23K2N5O6. The van der Waals surface area contributed by atoms with Crippen molar-refractivity contribution in [2.24, 2.45) is 0 Å². The van der Waals surface area contributed by atoms with Crippen LogP contribution in [0.15, 0.2) is 35.3 Å². The molecule has 11 nitrogen and oxygen atoms in total. The van der Waals surface area contributed by atoms with Gasteiger partial charge in [0.25, 0.3) is 11.5 Å². The Morgan fingerprint density at radius 2 is 1.79 bits per heavy atom. The first kappa shape index (κ1) is 30.2. The molecule has 13 heteroatoms. The molecule has 0 aliphatic heterocycles. The summed E-state index contributed by atoms with van der Waals surface area (Å²) in [5.41, 5.74) is 7.59. The van der Waals surface area contributed by atoms with Crippen LogP contribution in [0.1, 0.15) is 37.2 Å². The molecule has 0 bridgehead atoms. The molecule has 3 rings (SSSR count). The number of benzene rings is 1. The fourth-order valence-electron chi connectivity index (χ4n) is 3.19. The summed E-state index contributed by atoms with van der Waals surface area (Å²) in [5, 5.41) is 20.6. The van der Waals surface area contributed by atoms with Gasteiger partial charge in [0.15, 0.2) is 0 Å². The van der Waals surface area contributed by atoms with Crippen LogP contribution in [0, 0.1) is 0 Å². The van der Waals surface area contributed by atoms with Crippen LogP contribution in [0.4, 0.5) is 5.95 Å². The zero-order valence-electron chi connectivity index (χ0n) is 20.3. The zero-order chi connectivity index (χ0) is 22.5. The predicted molar refractivity (Wildman–Crippen MR) is 113 cm³/mol. The van der Waals surface area contributed by atoms with Crippen LogP contribution in [-0.2, 0) is 22.4 Å². The number of aliphatic carboxylic acids is 2. The number of H-pyrrole nitrogens is 2. The number of rotatable bonds is 9. The standard InChI is InChI=1S/C20H21N5O6.2K.2H/c21-20-24-16-15(18(29)25-20)12(9-22-16)6-3-10-1-4-11(5-2-10)17(28)23-13(19(30)31)7-8-14(26)27;;;;/h1-2,4-5,9,13H,3,6-8H2,(H,23,28)(H,26,27)(H,30,31)(H4,21,22,24,25,29);;;;/q;2*+1;2*-1/t13-;;;;/m0..../s1. The van der Waals surface area contributed by atoms with Gasteiger partial charge in [-0.05, 0) is 42.5 Å². The first-order chi connectivity index (χ1) is 14.7. The Hall–Kier alpha value is -0.877. The average molecular weight is 508 g/mol. The van der Waals surface area contributed by atoms with E-state index in [0.29, 0.717) is 23.9 Å². The molecule has 0 fully saturated rings. The predicted octanol–water partition coefficient (Wildman–Crippen LogP) is -5.10. The van der Waals surface area contributed by atoms with Gasteiger partial charge in [0.2, 0.25) is 5.95 Å². The summed E-state index contributed by atoms with van der Waals surface area (Å²) in [6.07, 6.45) is 2.27. The number of hydrogen-bond acceptors (Lipinski definition) is 6. The summed E-state index contributed by atoms with van der Waals surface area (Å²) in [6, 6.07) is 5.30. The molecule has 0 radical (unpaired) electrons. The Morgan fingerprint density at radius 3 is 2.39 bits per heavy atom. The van der Waals surface area contributed by atoms with E-state index < -0.39 is 23.9 Å². The number of nitrogen functional groups attached to an aromatic ring is 1. The van der Waals surface area contributed by atoms with Gasteiger partial charge in [0.05, 0.1) is 5.39 Å². The normalized spacial score (nSPS) is 11.2. The van der Waals surface area contributed by atoms with Gasteiger partial charge in [0, 0.05) is 18.2 Å². The maximum atomic E-state index is 12.3.